The summed E-state index contributed by atoms with van der Waals surface area (Å²) >= 11 is 0. The lowest BCUT2D eigenvalue weighted by Gasteiger charge is -2.31. The average molecular weight is 349 g/mol. The molecule has 0 amide bonds. The van der Waals surface area contributed by atoms with Gasteiger partial charge in [-0.15, -0.1) is 0 Å². The lowest BCUT2D eigenvalue weighted by atomic mass is 9.91. The van der Waals surface area contributed by atoms with E-state index in [0.29, 0.717) is 11.5 Å². The highest BCUT2D eigenvalue weighted by Gasteiger charge is 2.38. The smallest absolute Gasteiger partial charge is 0.371 e. The van der Waals surface area contributed by atoms with Gasteiger partial charge in [0.15, 0.2) is 0 Å². The van der Waals surface area contributed by atoms with Gasteiger partial charge >= 0.3 is 5.97 Å². The first-order valence-corrected chi connectivity index (χ1v) is 8.98. The highest BCUT2D eigenvalue weighted by Crippen LogP contribution is 2.39. The number of carboxylic acids is 1. The lowest BCUT2D eigenvalue weighted by Crippen LogP contribution is -2.37. The normalized spacial score (nSPS) is 19.8. The van der Waals surface area contributed by atoms with Crippen LogP contribution in [0.1, 0.15) is 47.9 Å². The fourth-order valence-electron chi connectivity index (χ4n) is 4.05. The second-order valence-corrected chi connectivity index (χ2v) is 7.79. The maximum atomic E-state index is 11.1. The Morgan fingerprint density at radius 1 is 1.19 bits per heavy atom. The summed E-state index contributed by atoms with van der Waals surface area (Å²) in [6.07, 6.45) is 1.13. The minimum Gasteiger partial charge on any atom is -0.475 e. The van der Waals surface area contributed by atoms with Crippen LogP contribution in [-0.2, 0) is 6.54 Å². The van der Waals surface area contributed by atoms with Crippen molar-refractivity contribution < 1.29 is 14.3 Å². The summed E-state index contributed by atoms with van der Waals surface area (Å²) in [5, 5.41) is 9.93. The van der Waals surface area contributed by atoms with Crippen molar-refractivity contribution in [2.24, 2.45) is 0 Å². The molecule has 0 aliphatic carbocycles. The van der Waals surface area contributed by atoms with E-state index in [1.165, 1.54) is 11.1 Å². The molecule has 4 rings (SSSR count). The summed E-state index contributed by atoms with van der Waals surface area (Å²) in [5.74, 6) is -0.501. The van der Waals surface area contributed by atoms with Crippen LogP contribution in [0.25, 0.3) is 11.0 Å². The first kappa shape index (κ1) is 16.9. The SMILES string of the molecule is CC1(C)CC(c2ccccc2)CN1Cc1ccc2oc(C(=O)O)cc2c1. The minimum atomic E-state index is -1.03. The maximum absolute atomic E-state index is 11.1. The maximum Gasteiger partial charge on any atom is 0.371 e. The van der Waals surface area contributed by atoms with E-state index < -0.39 is 5.97 Å². The second-order valence-electron chi connectivity index (χ2n) is 7.79. The number of likely N-dealkylation sites (tertiary alicyclic amines) is 1. The Morgan fingerprint density at radius 2 is 1.96 bits per heavy atom. The molecule has 0 saturated carbocycles. The Morgan fingerprint density at radius 3 is 2.69 bits per heavy atom. The number of hydrogen-bond donors (Lipinski definition) is 1. The number of benzene rings is 2. The summed E-state index contributed by atoms with van der Waals surface area (Å²) in [5.41, 5.74) is 3.32. The summed E-state index contributed by atoms with van der Waals surface area (Å²) < 4.78 is 5.36. The third-order valence-corrected chi connectivity index (χ3v) is 5.48. The van der Waals surface area contributed by atoms with Crippen molar-refractivity contribution in [3.63, 3.8) is 0 Å². The molecular weight excluding hydrogens is 326 g/mol. The molecular formula is C22H23NO3. The van der Waals surface area contributed by atoms with Crippen LogP contribution >= 0.6 is 0 Å². The Hall–Kier alpha value is -2.59. The lowest BCUT2D eigenvalue weighted by molar-refractivity contribution is 0.0665. The zero-order valence-electron chi connectivity index (χ0n) is 15.1. The zero-order chi connectivity index (χ0) is 18.3. The molecule has 0 spiro atoms. The van der Waals surface area contributed by atoms with E-state index in [4.69, 9.17) is 9.52 Å². The van der Waals surface area contributed by atoms with Gasteiger partial charge in [0.2, 0.25) is 5.76 Å². The van der Waals surface area contributed by atoms with E-state index in [-0.39, 0.29) is 11.3 Å². The third kappa shape index (κ3) is 3.13. The molecule has 4 nitrogen and oxygen atoms in total. The molecule has 2 aromatic carbocycles. The molecule has 134 valence electrons. The Balaban J connectivity index is 1.56. The van der Waals surface area contributed by atoms with E-state index in [0.717, 1.165) is 24.9 Å². The van der Waals surface area contributed by atoms with E-state index in [1.54, 1.807) is 6.07 Å². The monoisotopic (exact) mass is 349 g/mol. The van der Waals surface area contributed by atoms with Crippen molar-refractivity contribution in [3.05, 3.63) is 71.5 Å². The molecule has 2 heterocycles. The van der Waals surface area contributed by atoms with Gasteiger partial charge in [-0.3, -0.25) is 4.90 Å². The quantitative estimate of drug-likeness (QED) is 0.728. The third-order valence-electron chi connectivity index (χ3n) is 5.48. The molecule has 1 fully saturated rings. The number of aromatic carboxylic acids is 1. The molecule has 4 heteroatoms. The van der Waals surface area contributed by atoms with E-state index in [9.17, 15) is 4.79 Å². The van der Waals surface area contributed by atoms with Gasteiger partial charge in [0.1, 0.15) is 5.58 Å². The van der Waals surface area contributed by atoms with Gasteiger partial charge < -0.3 is 9.52 Å². The average Bonchev–Trinajstić information content (AvgIpc) is 3.16. The molecule has 0 bridgehead atoms. The van der Waals surface area contributed by atoms with Crippen molar-refractivity contribution in [2.75, 3.05) is 6.54 Å². The Labute approximate surface area is 153 Å². The van der Waals surface area contributed by atoms with Crippen LogP contribution in [0.3, 0.4) is 0 Å². The van der Waals surface area contributed by atoms with Crippen LogP contribution in [-0.4, -0.2) is 28.1 Å². The minimum absolute atomic E-state index is 0.0113. The van der Waals surface area contributed by atoms with E-state index >= 15 is 0 Å². The summed E-state index contributed by atoms with van der Waals surface area (Å²) in [7, 11) is 0. The van der Waals surface area contributed by atoms with Gasteiger partial charge in [0.05, 0.1) is 0 Å². The number of fused-ring (bicyclic) bond motifs is 1. The van der Waals surface area contributed by atoms with Crippen molar-refractivity contribution in [1.82, 2.24) is 4.90 Å². The van der Waals surface area contributed by atoms with Gasteiger partial charge in [0.25, 0.3) is 0 Å². The number of rotatable bonds is 4. The molecule has 1 saturated heterocycles. The largest absolute Gasteiger partial charge is 0.475 e. The molecule has 1 aliphatic heterocycles. The standard InChI is InChI=1S/C22H23NO3/c1-22(2)12-18(16-6-4-3-5-7-16)14-23(22)13-15-8-9-19-17(10-15)11-20(26-19)21(24)25/h3-11,18H,12-14H2,1-2H3,(H,24,25). The Bertz CT molecular complexity index is 942. The molecule has 1 N–H and O–H groups in total. The molecule has 1 atom stereocenters. The van der Waals surface area contributed by atoms with Gasteiger partial charge in [0, 0.05) is 24.0 Å². The molecule has 26 heavy (non-hydrogen) atoms. The summed E-state index contributed by atoms with van der Waals surface area (Å²) in [4.78, 5) is 13.6. The number of hydrogen-bond acceptors (Lipinski definition) is 3. The van der Waals surface area contributed by atoms with Crippen LogP contribution in [0.5, 0.6) is 0 Å². The first-order valence-electron chi connectivity index (χ1n) is 8.98. The van der Waals surface area contributed by atoms with Crippen molar-refractivity contribution in [2.45, 2.75) is 38.3 Å². The van der Waals surface area contributed by atoms with Crippen molar-refractivity contribution >= 4 is 16.9 Å². The number of furan rings is 1. The number of carbonyl (C=O) groups is 1. The van der Waals surface area contributed by atoms with Crippen LogP contribution in [0.15, 0.2) is 59.0 Å². The summed E-state index contributed by atoms with van der Waals surface area (Å²) in [6, 6.07) is 18.3. The van der Waals surface area contributed by atoms with E-state index in [2.05, 4.69) is 49.1 Å². The zero-order valence-corrected chi connectivity index (χ0v) is 15.1. The molecule has 3 aromatic rings. The number of carboxylic acid groups (broad SMARTS) is 1. The van der Waals surface area contributed by atoms with E-state index in [1.807, 2.05) is 18.2 Å². The van der Waals surface area contributed by atoms with Gasteiger partial charge in [-0.25, -0.2) is 4.79 Å². The van der Waals surface area contributed by atoms with Gasteiger partial charge in [-0.1, -0.05) is 36.4 Å². The van der Waals surface area contributed by atoms with Gasteiger partial charge in [-0.05, 0) is 55.5 Å². The molecule has 1 aromatic heterocycles. The van der Waals surface area contributed by atoms with Gasteiger partial charge in [-0.2, -0.15) is 0 Å². The predicted octanol–water partition coefficient (Wildman–Crippen LogP) is 4.90. The summed E-state index contributed by atoms with van der Waals surface area (Å²) in [6.45, 7) is 6.48. The second kappa shape index (κ2) is 6.29. The molecule has 1 aliphatic rings. The predicted molar refractivity (Wildman–Crippen MR) is 101 cm³/mol. The molecule has 1 unspecified atom stereocenters. The van der Waals surface area contributed by atoms with Crippen LogP contribution < -0.4 is 0 Å². The fourth-order valence-corrected chi connectivity index (χ4v) is 4.05. The van der Waals surface area contributed by atoms with Crippen LogP contribution in [0.2, 0.25) is 0 Å². The van der Waals surface area contributed by atoms with Crippen molar-refractivity contribution in [1.29, 1.82) is 0 Å². The Kier molecular flexibility index (Phi) is 4.08. The highest BCUT2D eigenvalue weighted by molar-refractivity contribution is 5.91. The van der Waals surface area contributed by atoms with Crippen LogP contribution in [0, 0.1) is 0 Å². The van der Waals surface area contributed by atoms with Crippen LogP contribution in [0.4, 0.5) is 0 Å². The molecule has 0 radical (unpaired) electrons. The number of nitrogens with zero attached hydrogens (tertiary/aromatic N) is 1. The fraction of sp³-hybridized carbons (Fsp3) is 0.318. The topological polar surface area (TPSA) is 53.7 Å². The highest BCUT2D eigenvalue weighted by atomic mass is 16.4. The first-order chi connectivity index (χ1) is 12.4. The van der Waals surface area contributed by atoms with Crippen molar-refractivity contribution in [3.8, 4) is 0 Å².